The van der Waals surface area contributed by atoms with Gasteiger partial charge < -0.3 is 14.4 Å². The quantitative estimate of drug-likeness (QED) is 0.810. The molecule has 0 spiro atoms. The van der Waals surface area contributed by atoms with Crippen LogP contribution in [-0.2, 0) is 4.74 Å². The maximum atomic E-state index is 14.1. The molecule has 0 aromatic heterocycles. The minimum absolute atomic E-state index is 0.0488. The van der Waals surface area contributed by atoms with E-state index in [1.54, 1.807) is 0 Å². The van der Waals surface area contributed by atoms with E-state index in [1.807, 2.05) is 6.92 Å². The normalized spacial score (nSPS) is 17.5. The van der Waals surface area contributed by atoms with Crippen molar-refractivity contribution >= 4 is 5.91 Å². The predicted molar refractivity (Wildman–Crippen MR) is 78.1 cm³/mol. The second-order valence-corrected chi connectivity index (χ2v) is 5.35. The first-order chi connectivity index (χ1) is 10.6. The summed E-state index contributed by atoms with van der Waals surface area (Å²) in [5, 5.41) is 0. The van der Waals surface area contributed by atoms with Crippen LogP contribution in [0.25, 0.3) is 0 Å². The van der Waals surface area contributed by atoms with Crippen molar-refractivity contribution in [1.29, 1.82) is 0 Å². The highest BCUT2D eigenvalue weighted by atomic mass is 19.1. The summed E-state index contributed by atoms with van der Waals surface area (Å²) in [5.74, 6) is -2.41. The van der Waals surface area contributed by atoms with Crippen molar-refractivity contribution in [3.8, 4) is 5.75 Å². The van der Waals surface area contributed by atoms with Crippen LogP contribution in [0.3, 0.4) is 0 Å². The van der Waals surface area contributed by atoms with Crippen molar-refractivity contribution in [3.63, 3.8) is 0 Å². The van der Waals surface area contributed by atoms with Crippen LogP contribution < -0.4 is 4.74 Å². The minimum Gasteiger partial charge on any atom is -0.497 e. The Morgan fingerprint density at radius 3 is 2.59 bits per heavy atom. The zero-order valence-electron chi connectivity index (χ0n) is 12.9. The van der Waals surface area contributed by atoms with E-state index in [0.717, 1.165) is 25.0 Å². The van der Waals surface area contributed by atoms with Gasteiger partial charge in [0.05, 0.1) is 13.2 Å². The molecule has 6 heteroatoms. The lowest BCUT2D eigenvalue weighted by Crippen LogP contribution is -2.38. The molecule has 122 valence electrons. The summed E-state index contributed by atoms with van der Waals surface area (Å²) < 4.78 is 38.4. The first-order valence-electron chi connectivity index (χ1n) is 7.50. The van der Waals surface area contributed by atoms with Crippen molar-refractivity contribution in [2.75, 3.05) is 26.8 Å². The van der Waals surface area contributed by atoms with Crippen molar-refractivity contribution in [1.82, 2.24) is 4.90 Å². The second-order valence-electron chi connectivity index (χ2n) is 5.35. The van der Waals surface area contributed by atoms with Crippen molar-refractivity contribution < 1.29 is 23.0 Å². The summed E-state index contributed by atoms with van der Waals surface area (Å²) in [7, 11) is 1.32. The van der Waals surface area contributed by atoms with Gasteiger partial charge >= 0.3 is 0 Å². The summed E-state index contributed by atoms with van der Waals surface area (Å²) >= 11 is 0. The van der Waals surface area contributed by atoms with Gasteiger partial charge in [0.25, 0.3) is 5.91 Å². The van der Waals surface area contributed by atoms with Gasteiger partial charge in [-0.25, -0.2) is 8.78 Å². The molecule has 1 aromatic carbocycles. The molecule has 1 saturated heterocycles. The summed E-state index contributed by atoms with van der Waals surface area (Å²) in [5.41, 5.74) is -0.535. The van der Waals surface area contributed by atoms with Crippen LogP contribution in [0.1, 0.15) is 36.5 Å². The molecule has 1 atom stereocenters. The van der Waals surface area contributed by atoms with Crippen LogP contribution >= 0.6 is 0 Å². The first-order valence-corrected chi connectivity index (χ1v) is 7.50. The minimum atomic E-state index is -0.907. The molecule has 1 heterocycles. The monoisotopic (exact) mass is 313 g/mol. The van der Waals surface area contributed by atoms with Crippen LogP contribution in [0, 0.1) is 11.6 Å². The SMILES string of the molecule is CCCN(C[C@H]1CCCO1)C(=O)c1c(F)cc(OC)cc1F. The van der Waals surface area contributed by atoms with Crippen LogP contribution in [-0.4, -0.2) is 43.7 Å². The fourth-order valence-electron chi connectivity index (χ4n) is 2.61. The van der Waals surface area contributed by atoms with Crippen molar-refractivity contribution in [2.24, 2.45) is 0 Å². The average Bonchev–Trinajstić information content (AvgIpc) is 2.98. The Kier molecular flexibility index (Phi) is 5.71. The maximum Gasteiger partial charge on any atom is 0.259 e. The highest BCUT2D eigenvalue weighted by Crippen LogP contribution is 2.23. The molecule has 2 rings (SSSR count). The molecule has 1 amide bonds. The number of ether oxygens (including phenoxy) is 2. The molecule has 0 unspecified atom stereocenters. The van der Waals surface area contributed by atoms with Gasteiger partial charge in [0.15, 0.2) is 0 Å². The molecule has 22 heavy (non-hydrogen) atoms. The third kappa shape index (κ3) is 3.74. The smallest absolute Gasteiger partial charge is 0.259 e. The zero-order valence-corrected chi connectivity index (χ0v) is 12.9. The molecule has 0 N–H and O–H groups in total. The molecule has 1 aliphatic rings. The number of halogens is 2. The van der Waals surface area contributed by atoms with Crippen molar-refractivity contribution in [3.05, 3.63) is 29.3 Å². The number of carbonyl (C=O) groups excluding carboxylic acids is 1. The number of amides is 1. The molecule has 1 aromatic rings. The van der Waals surface area contributed by atoms with E-state index in [4.69, 9.17) is 9.47 Å². The average molecular weight is 313 g/mol. The molecular formula is C16H21F2NO3. The molecule has 1 aliphatic heterocycles. The maximum absolute atomic E-state index is 14.1. The van der Waals surface area contributed by atoms with E-state index in [2.05, 4.69) is 0 Å². The van der Waals surface area contributed by atoms with Crippen LogP contribution in [0.15, 0.2) is 12.1 Å². The Labute approximate surface area is 129 Å². The number of nitrogens with zero attached hydrogens (tertiary/aromatic N) is 1. The molecular weight excluding hydrogens is 292 g/mol. The van der Waals surface area contributed by atoms with Crippen LogP contribution in [0.2, 0.25) is 0 Å². The number of hydrogen-bond donors (Lipinski definition) is 0. The van der Waals surface area contributed by atoms with E-state index < -0.39 is 23.1 Å². The lowest BCUT2D eigenvalue weighted by atomic mass is 10.1. The number of methoxy groups -OCH3 is 1. The van der Waals surface area contributed by atoms with E-state index in [-0.39, 0.29) is 11.9 Å². The van der Waals surface area contributed by atoms with Gasteiger partial charge in [-0.3, -0.25) is 4.79 Å². The lowest BCUT2D eigenvalue weighted by molar-refractivity contribution is 0.0519. The molecule has 0 radical (unpaired) electrons. The van der Waals surface area contributed by atoms with Gasteiger partial charge in [-0.05, 0) is 19.3 Å². The Balaban J connectivity index is 2.22. The highest BCUT2D eigenvalue weighted by molar-refractivity contribution is 5.95. The number of hydrogen-bond acceptors (Lipinski definition) is 3. The Hall–Kier alpha value is -1.69. The van der Waals surface area contributed by atoms with E-state index in [9.17, 15) is 13.6 Å². The van der Waals surface area contributed by atoms with Gasteiger partial charge in [0.1, 0.15) is 22.9 Å². The zero-order chi connectivity index (χ0) is 16.1. The van der Waals surface area contributed by atoms with Gasteiger partial charge in [-0.15, -0.1) is 0 Å². The summed E-state index contributed by atoms with van der Waals surface area (Å²) in [6.45, 7) is 3.38. The van der Waals surface area contributed by atoms with Gasteiger partial charge in [0, 0.05) is 31.8 Å². The summed E-state index contributed by atoms with van der Waals surface area (Å²) in [4.78, 5) is 14.0. The van der Waals surface area contributed by atoms with E-state index in [1.165, 1.54) is 12.0 Å². The van der Waals surface area contributed by atoms with E-state index >= 15 is 0 Å². The summed E-state index contributed by atoms with van der Waals surface area (Å²) in [6.07, 6.45) is 2.46. The Morgan fingerprint density at radius 2 is 2.09 bits per heavy atom. The fraction of sp³-hybridized carbons (Fsp3) is 0.562. The molecule has 4 nitrogen and oxygen atoms in total. The standard InChI is InChI=1S/C16H21F2NO3/c1-3-6-19(10-11-5-4-7-22-11)16(20)15-13(17)8-12(21-2)9-14(15)18/h8-9,11H,3-7,10H2,1-2H3/t11-/m1/s1. The first kappa shape index (κ1) is 16.7. The van der Waals surface area contributed by atoms with Gasteiger partial charge in [-0.2, -0.15) is 0 Å². The molecule has 1 fully saturated rings. The third-order valence-electron chi connectivity index (χ3n) is 3.69. The largest absolute Gasteiger partial charge is 0.497 e. The Morgan fingerprint density at radius 1 is 1.41 bits per heavy atom. The number of carbonyl (C=O) groups is 1. The van der Waals surface area contributed by atoms with Crippen LogP contribution in [0.4, 0.5) is 8.78 Å². The summed E-state index contributed by atoms with van der Waals surface area (Å²) in [6, 6.07) is 2.04. The molecule has 0 aliphatic carbocycles. The van der Waals surface area contributed by atoms with Crippen LogP contribution in [0.5, 0.6) is 5.75 Å². The second kappa shape index (κ2) is 7.54. The Bertz CT molecular complexity index is 507. The predicted octanol–water partition coefficient (Wildman–Crippen LogP) is 3.00. The fourth-order valence-corrected chi connectivity index (χ4v) is 2.61. The van der Waals surface area contributed by atoms with Gasteiger partial charge in [0.2, 0.25) is 0 Å². The van der Waals surface area contributed by atoms with Crippen molar-refractivity contribution in [2.45, 2.75) is 32.3 Å². The lowest BCUT2D eigenvalue weighted by Gasteiger charge is -2.25. The van der Waals surface area contributed by atoms with Gasteiger partial charge in [-0.1, -0.05) is 6.92 Å². The number of benzene rings is 1. The molecule has 0 saturated carbocycles. The highest BCUT2D eigenvalue weighted by Gasteiger charge is 2.27. The third-order valence-corrected chi connectivity index (χ3v) is 3.69. The molecule has 0 bridgehead atoms. The topological polar surface area (TPSA) is 38.8 Å². The number of rotatable bonds is 6. The van der Waals surface area contributed by atoms with E-state index in [0.29, 0.717) is 26.1 Å².